The number of carbonyl (C=O) groups excluding carboxylic acids is 4. The topological polar surface area (TPSA) is 93.2 Å². The summed E-state index contributed by atoms with van der Waals surface area (Å²) in [7, 11) is 0. The van der Waals surface area contributed by atoms with Crippen LogP contribution >= 0.6 is 0 Å². The molecule has 3 rings (SSSR count). The smallest absolute Gasteiger partial charge is 0.410 e. The standard InChI is InChI=1S/C20H24N2O6/c1-20(2,3)27-19(26)21-10-6-7-13(12-21)11-16(23)28-22-17(24)14-8-4-5-9-15(14)18(22)25/h4-5,8-9,13H,6-7,10-12H2,1-3H3. The fraction of sp³-hybridized carbons (Fsp3) is 0.500. The van der Waals surface area contributed by atoms with Crippen LogP contribution in [0, 0.1) is 5.92 Å². The molecule has 0 aromatic heterocycles. The van der Waals surface area contributed by atoms with Crippen molar-refractivity contribution in [2.75, 3.05) is 13.1 Å². The number of benzene rings is 1. The Morgan fingerprint density at radius 1 is 1.11 bits per heavy atom. The van der Waals surface area contributed by atoms with Crippen LogP contribution in [0.15, 0.2) is 24.3 Å². The van der Waals surface area contributed by atoms with Gasteiger partial charge < -0.3 is 14.5 Å². The number of hydrogen-bond donors (Lipinski definition) is 0. The number of imide groups is 1. The van der Waals surface area contributed by atoms with Crippen molar-refractivity contribution in [3.8, 4) is 0 Å². The van der Waals surface area contributed by atoms with Crippen LogP contribution in [-0.2, 0) is 14.4 Å². The first kappa shape index (κ1) is 19.9. The van der Waals surface area contributed by atoms with Gasteiger partial charge in [0.15, 0.2) is 0 Å². The summed E-state index contributed by atoms with van der Waals surface area (Å²) in [6.45, 7) is 6.33. The molecule has 1 fully saturated rings. The van der Waals surface area contributed by atoms with Gasteiger partial charge in [-0.25, -0.2) is 9.59 Å². The number of likely N-dealkylation sites (tertiary alicyclic amines) is 1. The third-order valence-corrected chi connectivity index (χ3v) is 4.58. The SMILES string of the molecule is CC(C)(C)OC(=O)N1CCCC(CC(=O)ON2C(=O)c3ccccc3C2=O)C1. The molecule has 2 aliphatic rings. The molecule has 0 aliphatic carbocycles. The fourth-order valence-electron chi connectivity index (χ4n) is 3.35. The molecule has 28 heavy (non-hydrogen) atoms. The van der Waals surface area contributed by atoms with Crippen LogP contribution in [0.2, 0.25) is 0 Å². The molecule has 0 radical (unpaired) electrons. The summed E-state index contributed by atoms with van der Waals surface area (Å²) in [5, 5.41) is 0.515. The number of carbonyl (C=O) groups is 4. The maximum Gasteiger partial charge on any atom is 0.410 e. The van der Waals surface area contributed by atoms with Crippen LogP contribution in [0.25, 0.3) is 0 Å². The Morgan fingerprint density at radius 3 is 2.29 bits per heavy atom. The summed E-state index contributed by atoms with van der Waals surface area (Å²) in [6, 6.07) is 6.32. The van der Waals surface area contributed by atoms with Gasteiger partial charge in [0.05, 0.1) is 17.5 Å². The van der Waals surface area contributed by atoms with Gasteiger partial charge in [0.2, 0.25) is 0 Å². The van der Waals surface area contributed by atoms with E-state index in [0.717, 1.165) is 12.8 Å². The van der Waals surface area contributed by atoms with Crippen molar-refractivity contribution in [1.82, 2.24) is 9.96 Å². The molecule has 0 saturated carbocycles. The molecule has 1 atom stereocenters. The second-order valence-electron chi connectivity index (χ2n) is 8.05. The monoisotopic (exact) mass is 388 g/mol. The minimum absolute atomic E-state index is 0.00665. The molecule has 0 N–H and O–H groups in total. The minimum atomic E-state index is -0.675. The average molecular weight is 388 g/mol. The Labute approximate surface area is 163 Å². The molecule has 1 aromatic rings. The third kappa shape index (κ3) is 4.32. The molecule has 1 aromatic carbocycles. The molecule has 2 aliphatic heterocycles. The van der Waals surface area contributed by atoms with Crippen molar-refractivity contribution in [3.05, 3.63) is 35.4 Å². The number of hydrogen-bond acceptors (Lipinski definition) is 6. The van der Waals surface area contributed by atoms with E-state index in [9.17, 15) is 19.2 Å². The number of ether oxygens (including phenoxy) is 1. The van der Waals surface area contributed by atoms with E-state index >= 15 is 0 Å². The van der Waals surface area contributed by atoms with Gasteiger partial charge in [-0.2, -0.15) is 0 Å². The van der Waals surface area contributed by atoms with E-state index in [1.54, 1.807) is 37.8 Å². The van der Waals surface area contributed by atoms with Crippen molar-refractivity contribution in [3.63, 3.8) is 0 Å². The van der Waals surface area contributed by atoms with E-state index < -0.39 is 29.5 Å². The van der Waals surface area contributed by atoms with Crippen LogP contribution < -0.4 is 0 Å². The molecule has 1 unspecified atom stereocenters. The molecule has 1 saturated heterocycles. The van der Waals surface area contributed by atoms with E-state index in [4.69, 9.17) is 9.57 Å². The predicted octanol–water partition coefficient (Wildman–Crippen LogP) is 2.78. The zero-order valence-electron chi connectivity index (χ0n) is 16.3. The van der Waals surface area contributed by atoms with E-state index in [2.05, 4.69) is 0 Å². The Kier molecular flexibility index (Phi) is 5.40. The highest BCUT2D eigenvalue weighted by Crippen LogP contribution is 2.25. The predicted molar refractivity (Wildman–Crippen MR) is 98.2 cm³/mol. The zero-order valence-corrected chi connectivity index (χ0v) is 16.3. The van der Waals surface area contributed by atoms with Gasteiger partial charge in [0.1, 0.15) is 5.60 Å². The lowest BCUT2D eigenvalue weighted by Gasteiger charge is -2.33. The Hall–Kier alpha value is -2.90. The maximum absolute atomic E-state index is 12.3. The van der Waals surface area contributed by atoms with Gasteiger partial charge in [-0.05, 0) is 51.7 Å². The number of fused-ring (bicyclic) bond motifs is 1. The van der Waals surface area contributed by atoms with Crippen molar-refractivity contribution >= 4 is 23.9 Å². The molecule has 8 nitrogen and oxygen atoms in total. The van der Waals surface area contributed by atoms with Crippen LogP contribution in [0.3, 0.4) is 0 Å². The summed E-state index contributed by atoms with van der Waals surface area (Å²) in [6.07, 6.45) is 1.08. The van der Waals surface area contributed by atoms with Crippen molar-refractivity contribution < 1.29 is 28.8 Å². The number of hydroxylamine groups is 2. The highest BCUT2D eigenvalue weighted by molar-refractivity contribution is 6.20. The van der Waals surface area contributed by atoms with Gasteiger partial charge in [-0.3, -0.25) is 9.59 Å². The third-order valence-electron chi connectivity index (χ3n) is 4.58. The summed E-state index contributed by atoms with van der Waals surface area (Å²) < 4.78 is 5.38. The number of amides is 3. The summed E-state index contributed by atoms with van der Waals surface area (Å²) in [5.41, 5.74) is -0.155. The lowest BCUT2D eigenvalue weighted by molar-refractivity contribution is -0.170. The van der Waals surface area contributed by atoms with Crippen molar-refractivity contribution in [2.24, 2.45) is 5.92 Å². The molecule has 8 heteroatoms. The molecule has 3 amide bonds. The molecule has 150 valence electrons. The highest BCUT2D eigenvalue weighted by Gasteiger charge is 2.39. The molecular formula is C20H24N2O6. The first-order chi connectivity index (χ1) is 13.2. The largest absolute Gasteiger partial charge is 0.444 e. The van der Waals surface area contributed by atoms with Gasteiger partial charge >= 0.3 is 12.1 Å². The zero-order chi connectivity index (χ0) is 20.5. The van der Waals surface area contributed by atoms with E-state index in [-0.39, 0.29) is 23.5 Å². The second kappa shape index (κ2) is 7.61. The lowest BCUT2D eigenvalue weighted by Crippen LogP contribution is -2.43. The van der Waals surface area contributed by atoms with E-state index in [1.807, 2.05) is 0 Å². The highest BCUT2D eigenvalue weighted by atomic mass is 16.7. The van der Waals surface area contributed by atoms with Crippen molar-refractivity contribution in [2.45, 2.75) is 45.6 Å². The minimum Gasteiger partial charge on any atom is -0.444 e. The van der Waals surface area contributed by atoms with E-state index in [1.165, 1.54) is 12.1 Å². The number of piperidine rings is 1. The number of nitrogens with zero attached hydrogens (tertiary/aromatic N) is 2. The Morgan fingerprint density at radius 2 is 1.71 bits per heavy atom. The Balaban J connectivity index is 1.56. The van der Waals surface area contributed by atoms with Gasteiger partial charge in [0.25, 0.3) is 11.8 Å². The molecule has 2 heterocycles. The maximum atomic E-state index is 12.3. The summed E-state index contributed by atoms with van der Waals surface area (Å²) in [4.78, 5) is 55.7. The summed E-state index contributed by atoms with van der Waals surface area (Å²) >= 11 is 0. The molecule has 0 spiro atoms. The summed E-state index contributed by atoms with van der Waals surface area (Å²) in [5.74, 6) is -2.09. The van der Waals surface area contributed by atoms with Crippen LogP contribution in [0.1, 0.15) is 60.7 Å². The second-order valence-corrected chi connectivity index (χ2v) is 8.05. The lowest BCUT2D eigenvalue weighted by atomic mass is 9.95. The average Bonchev–Trinajstić information content (AvgIpc) is 2.86. The Bertz CT molecular complexity index is 778. The van der Waals surface area contributed by atoms with Crippen LogP contribution in [0.4, 0.5) is 4.79 Å². The molecule has 0 bridgehead atoms. The van der Waals surface area contributed by atoms with Crippen LogP contribution in [0.5, 0.6) is 0 Å². The van der Waals surface area contributed by atoms with Gasteiger partial charge in [-0.1, -0.05) is 17.2 Å². The van der Waals surface area contributed by atoms with Crippen LogP contribution in [-0.4, -0.2) is 52.5 Å². The van der Waals surface area contributed by atoms with Gasteiger partial charge in [0, 0.05) is 13.1 Å². The number of rotatable bonds is 3. The quantitative estimate of drug-likeness (QED) is 0.739. The van der Waals surface area contributed by atoms with Gasteiger partial charge in [-0.15, -0.1) is 0 Å². The first-order valence-corrected chi connectivity index (χ1v) is 9.32. The normalized spacial score (nSPS) is 19.5. The fourth-order valence-corrected chi connectivity index (χ4v) is 3.35. The molecular weight excluding hydrogens is 364 g/mol. The first-order valence-electron chi connectivity index (χ1n) is 9.32. The van der Waals surface area contributed by atoms with Crippen molar-refractivity contribution in [1.29, 1.82) is 0 Å². The van der Waals surface area contributed by atoms with E-state index in [0.29, 0.717) is 18.2 Å².